The van der Waals surface area contributed by atoms with Crippen molar-refractivity contribution in [3.05, 3.63) is 12.2 Å². The Morgan fingerprint density at radius 2 is 2.04 bits per heavy atom. The van der Waals surface area contributed by atoms with E-state index in [-0.39, 0.29) is 23.0 Å². The van der Waals surface area contributed by atoms with E-state index in [0.29, 0.717) is 23.0 Å². The molecule has 0 amide bonds. The van der Waals surface area contributed by atoms with Gasteiger partial charge in [0.1, 0.15) is 5.78 Å². The molecule has 132 valence electrons. The highest BCUT2D eigenvalue weighted by Gasteiger charge is 2.73. The SMILES string of the molecule is C=C1C[C@@]23CC[C@@H]4[C@@]5(C)CCC[C@@]4([C@@H](OC)OC5)[C@@H]2CCC(=O)[C@@H]13. The van der Waals surface area contributed by atoms with Crippen LogP contribution in [0.3, 0.4) is 0 Å². The molecule has 5 fully saturated rings. The van der Waals surface area contributed by atoms with E-state index in [2.05, 4.69) is 13.5 Å². The number of allylic oxidation sites excluding steroid dienone is 1. The lowest BCUT2D eigenvalue weighted by Crippen LogP contribution is -2.71. The minimum atomic E-state index is -0.0826. The van der Waals surface area contributed by atoms with E-state index in [4.69, 9.17) is 9.47 Å². The number of rotatable bonds is 1. The van der Waals surface area contributed by atoms with Crippen molar-refractivity contribution in [1.82, 2.24) is 0 Å². The Labute approximate surface area is 145 Å². The Hall–Kier alpha value is -0.670. The van der Waals surface area contributed by atoms with E-state index in [9.17, 15) is 4.79 Å². The predicted molar refractivity (Wildman–Crippen MR) is 91.3 cm³/mol. The molecule has 1 saturated heterocycles. The third-order valence-corrected chi connectivity index (χ3v) is 8.85. The van der Waals surface area contributed by atoms with Crippen LogP contribution in [-0.2, 0) is 14.3 Å². The van der Waals surface area contributed by atoms with Gasteiger partial charge in [-0.25, -0.2) is 0 Å². The highest BCUT2D eigenvalue weighted by molar-refractivity contribution is 5.87. The first kappa shape index (κ1) is 15.6. The van der Waals surface area contributed by atoms with Crippen LogP contribution in [0, 0.1) is 34.0 Å². The van der Waals surface area contributed by atoms with Gasteiger partial charge in [0.25, 0.3) is 0 Å². The van der Waals surface area contributed by atoms with E-state index < -0.39 is 0 Å². The summed E-state index contributed by atoms with van der Waals surface area (Å²) in [4.78, 5) is 12.6. The summed E-state index contributed by atoms with van der Waals surface area (Å²) >= 11 is 0. The van der Waals surface area contributed by atoms with Gasteiger partial charge in [-0.15, -0.1) is 0 Å². The molecule has 2 bridgehead atoms. The summed E-state index contributed by atoms with van der Waals surface area (Å²) in [5, 5.41) is 0. The number of methoxy groups -OCH3 is 1. The molecular weight excluding hydrogens is 300 g/mol. The molecule has 1 aliphatic heterocycles. The molecule has 3 nitrogen and oxygen atoms in total. The lowest BCUT2D eigenvalue weighted by molar-refractivity contribution is -0.342. The number of ketones is 1. The highest BCUT2D eigenvalue weighted by atomic mass is 16.7. The lowest BCUT2D eigenvalue weighted by Gasteiger charge is -2.73. The Bertz CT molecular complexity index is 612. The summed E-state index contributed by atoms with van der Waals surface area (Å²) in [7, 11) is 1.82. The van der Waals surface area contributed by atoms with Crippen molar-refractivity contribution >= 4 is 5.78 Å². The monoisotopic (exact) mass is 330 g/mol. The average molecular weight is 330 g/mol. The summed E-state index contributed by atoms with van der Waals surface area (Å²) in [5.74, 6) is 1.86. The molecule has 24 heavy (non-hydrogen) atoms. The molecular formula is C21H30O3. The van der Waals surface area contributed by atoms with Crippen molar-refractivity contribution in [3.63, 3.8) is 0 Å². The Morgan fingerprint density at radius 3 is 2.79 bits per heavy atom. The van der Waals surface area contributed by atoms with Gasteiger partial charge in [0.15, 0.2) is 6.29 Å². The Balaban J connectivity index is 1.64. The Morgan fingerprint density at radius 1 is 1.21 bits per heavy atom. The normalized spacial score (nSPS) is 55.9. The summed E-state index contributed by atoms with van der Waals surface area (Å²) in [6.45, 7) is 7.52. The minimum Gasteiger partial charge on any atom is -0.355 e. The number of carbonyl (C=O) groups is 1. The maximum absolute atomic E-state index is 12.6. The second kappa shape index (κ2) is 4.73. The van der Waals surface area contributed by atoms with Crippen LogP contribution in [0.25, 0.3) is 0 Å². The summed E-state index contributed by atoms with van der Waals surface area (Å²) in [6, 6.07) is 0. The second-order valence-corrected chi connectivity index (χ2v) is 9.65. The van der Waals surface area contributed by atoms with Gasteiger partial charge in [0, 0.05) is 24.9 Å². The summed E-state index contributed by atoms with van der Waals surface area (Å²) < 4.78 is 12.3. The molecule has 0 radical (unpaired) electrons. The van der Waals surface area contributed by atoms with Gasteiger partial charge in [0.05, 0.1) is 6.61 Å². The van der Waals surface area contributed by atoms with Crippen LogP contribution in [0.15, 0.2) is 12.2 Å². The molecule has 5 aliphatic rings. The van der Waals surface area contributed by atoms with E-state index in [1.807, 2.05) is 7.11 Å². The summed E-state index contributed by atoms with van der Waals surface area (Å²) in [6.07, 6.45) is 8.99. The molecule has 4 aliphatic carbocycles. The molecule has 5 rings (SSSR count). The third kappa shape index (κ3) is 1.55. The van der Waals surface area contributed by atoms with Crippen LogP contribution in [0.2, 0.25) is 0 Å². The van der Waals surface area contributed by atoms with Crippen molar-refractivity contribution < 1.29 is 14.3 Å². The van der Waals surface area contributed by atoms with E-state index >= 15 is 0 Å². The second-order valence-electron chi connectivity index (χ2n) is 9.65. The number of hydrogen-bond acceptors (Lipinski definition) is 3. The van der Waals surface area contributed by atoms with E-state index in [0.717, 1.165) is 25.9 Å². The zero-order chi connectivity index (χ0) is 16.7. The average Bonchev–Trinajstić information content (AvgIpc) is 2.52. The lowest BCUT2D eigenvalue weighted by atomic mass is 9.33. The zero-order valence-electron chi connectivity index (χ0n) is 15.1. The molecule has 1 heterocycles. The van der Waals surface area contributed by atoms with Crippen LogP contribution in [-0.4, -0.2) is 25.8 Å². The van der Waals surface area contributed by atoms with Crippen molar-refractivity contribution in [1.29, 1.82) is 0 Å². The van der Waals surface area contributed by atoms with Crippen molar-refractivity contribution in [2.24, 2.45) is 34.0 Å². The van der Waals surface area contributed by atoms with Crippen molar-refractivity contribution in [3.8, 4) is 0 Å². The fraction of sp³-hybridized carbons (Fsp3) is 0.857. The maximum atomic E-state index is 12.6. The number of ether oxygens (including phenoxy) is 2. The molecule has 0 unspecified atom stereocenters. The van der Waals surface area contributed by atoms with Crippen LogP contribution < -0.4 is 0 Å². The largest absolute Gasteiger partial charge is 0.355 e. The minimum absolute atomic E-state index is 0.0826. The van der Waals surface area contributed by atoms with Gasteiger partial charge < -0.3 is 9.47 Å². The van der Waals surface area contributed by atoms with Crippen molar-refractivity contribution in [2.75, 3.05) is 13.7 Å². The molecule has 3 heteroatoms. The third-order valence-electron chi connectivity index (χ3n) is 8.85. The van der Waals surface area contributed by atoms with Gasteiger partial charge in [-0.3, -0.25) is 4.79 Å². The van der Waals surface area contributed by atoms with Gasteiger partial charge >= 0.3 is 0 Å². The first-order valence-electron chi connectivity index (χ1n) is 9.83. The Kier molecular flexibility index (Phi) is 3.07. The standard InChI is InChI=1S/C21H30O3/c1-13-11-20-10-7-15-19(2)8-4-9-21(15,18(23-3)24-12-19)16(20)6-5-14(22)17(13)20/h15-18H,1,4-12H2,2-3H3/t15-,16-,17-,18+,19+,20+,21+/m1/s1. The fourth-order valence-corrected chi connectivity index (χ4v) is 8.28. The number of hydrogen-bond donors (Lipinski definition) is 0. The smallest absolute Gasteiger partial charge is 0.163 e. The van der Waals surface area contributed by atoms with E-state index in [1.54, 1.807) is 0 Å². The topological polar surface area (TPSA) is 35.5 Å². The molecule has 4 saturated carbocycles. The van der Waals surface area contributed by atoms with Crippen LogP contribution in [0.4, 0.5) is 0 Å². The quantitative estimate of drug-likeness (QED) is 0.679. The van der Waals surface area contributed by atoms with E-state index in [1.165, 1.54) is 37.7 Å². The van der Waals surface area contributed by atoms with Crippen LogP contribution in [0.1, 0.15) is 58.3 Å². The highest BCUT2D eigenvalue weighted by Crippen LogP contribution is 2.76. The van der Waals surface area contributed by atoms with Crippen LogP contribution in [0.5, 0.6) is 0 Å². The molecule has 0 N–H and O–H groups in total. The molecule has 1 spiro atoms. The van der Waals surface area contributed by atoms with Crippen LogP contribution >= 0.6 is 0 Å². The fourth-order valence-electron chi connectivity index (χ4n) is 8.28. The van der Waals surface area contributed by atoms with Gasteiger partial charge in [0.2, 0.25) is 0 Å². The summed E-state index contributed by atoms with van der Waals surface area (Å²) in [5.41, 5.74) is 1.80. The predicted octanol–water partition coefficient (Wildman–Crippen LogP) is 4.12. The molecule has 0 aromatic rings. The first-order valence-corrected chi connectivity index (χ1v) is 9.83. The van der Waals surface area contributed by atoms with Crippen molar-refractivity contribution in [2.45, 2.75) is 64.6 Å². The first-order chi connectivity index (χ1) is 11.5. The number of carbonyl (C=O) groups excluding carboxylic acids is 1. The van der Waals surface area contributed by atoms with Gasteiger partial charge in [-0.1, -0.05) is 25.5 Å². The molecule has 0 aromatic carbocycles. The maximum Gasteiger partial charge on any atom is 0.163 e. The molecule has 0 aromatic heterocycles. The molecule has 7 atom stereocenters. The zero-order valence-corrected chi connectivity index (χ0v) is 15.1. The van der Waals surface area contributed by atoms with Gasteiger partial charge in [-0.2, -0.15) is 0 Å². The van der Waals surface area contributed by atoms with Gasteiger partial charge in [-0.05, 0) is 61.2 Å². The number of Topliss-reactive ketones (excluding diaryl/α,β-unsaturated/α-hetero) is 1.